The SMILES string of the molecule is CCC(CC)C(=O)N(CC)CC. The minimum absolute atomic E-state index is 0.241. The smallest absolute Gasteiger partial charge is 0.225 e. The highest BCUT2D eigenvalue weighted by molar-refractivity contribution is 5.78. The molecule has 0 heterocycles. The molecule has 0 spiro atoms. The van der Waals surface area contributed by atoms with Gasteiger partial charge in [-0.2, -0.15) is 0 Å². The van der Waals surface area contributed by atoms with Crippen LogP contribution in [0.15, 0.2) is 0 Å². The van der Waals surface area contributed by atoms with E-state index < -0.39 is 0 Å². The summed E-state index contributed by atoms with van der Waals surface area (Å²) in [6.07, 6.45) is 1.93. The van der Waals surface area contributed by atoms with Gasteiger partial charge in [-0.1, -0.05) is 13.8 Å². The molecule has 12 heavy (non-hydrogen) atoms. The van der Waals surface area contributed by atoms with Crippen LogP contribution in [0.2, 0.25) is 0 Å². The number of hydrogen-bond acceptors (Lipinski definition) is 1. The highest BCUT2D eigenvalue weighted by Crippen LogP contribution is 2.11. The van der Waals surface area contributed by atoms with Crippen LogP contribution in [0.1, 0.15) is 40.5 Å². The maximum absolute atomic E-state index is 11.7. The first kappa shape index (κ1) is 11.5. The zero-order chi connectivity index (χ0) is 9.56. The summed E-state index contributed by atoms with van der Waals surface area (Å²) in [4.78, 5) is 13.6. The molecule has 0 aliphatic heterocycles. The van der Waals surface area contributed by atoms with Crippen molar-refractivity contribution in [1.29, 1.82) is 0 Å². The maximum atomic E-state index is 11.7. The zero-order valence-corrected chi connectivity index (χ0v) is 8.76. The van der Waals surface area contributed by atoms with Crippen LogP contribution in [-0.4, -0.2) is 23.9 Å². The summed E-state index contributed by atoms with van der Waals surface area (Å²) in [6.45, 7) is 9.90. The van der Waals surface area contributed by atoms with E-state index >= 15 is 0 Å². The second-order valence-electron chi connectivity index (χ2n) is 3.02. The first-order valence-corrected chi connectivity index (χ1v) is 4.99. The predicted octanol–water partition coefficient (Wildman–Crippen LogP) is 2.29. The van der Waals surface area contributed by atoms with E-state index in [1.54, 1.807) is 0 Å². The van der Waals surface area contributed by atoms with E-state index in [2.05, 4.69) is 13.8 Å². The molecule has 0 rings (SSSR count). The molecule has 0 aliphatic rings. The molecule has 0 atom stereocenters. The van der Waals surface area contributed by atoms with Crippen LogP contribution < -0.4 is 0 Å². The molecule has 0 unspecified atom stereocenters. The first-order valence-electron chi connectivity index (χ1n) is 4.99. The highest BCUT2D eigenvalue weighted by atomic mass is 16.2. The summed E-state index contributed by atoms with van der Waals surface area (Å²) in [7, 11) is 0. The third kappa shape index (κ3) is 2.84. The minimum atomic E-state index is 0.241. The second-order valence-corrected chi connectivity index (χ2v) is 3.02. The number of rotatable bonds is 5. The van der Waals surface area contributed by atoms with E-state index in [0.717, 1.165) is 25.9 Å². The summed E-state index contributed by atoms with van der Waals surface area (Å²) in [5.74, 6) is 0.565. The largest absolute Gasteiger partial charge is 0.343 e. The molecule has 0 aromatic carbocycles. The van der Waals surface area contributed by atoms with Gasteiger partial charge in [-0.05, 0) is 26.7 Å². The van der Waals surface area contributed by atoms with Gasteiger partial charge in [0.2, 0.25) is 5.91 Å². The molecule has 0 bridgehead atoms. The molecule has 2 heteroatoms. The average Bonchev–Trinajstić information content (AvgIpc) is 2.09. The van der Waals surface area contributed by atoms with Crippen LogP contribution >= 0.6 is 0 Å². The van der Waals surface area contributed by atoms with Crippen molar-refractivity contribution in [2.45, 2.75) is 40.5 Å². The fourth-order valence-corrected chi connectivity index (χ4v) is 1.43. The molecule has 72 valence electrons. The molecule has 2 nitrogen and oxygen atoms in total. The van der Waals surface area contributed by atoms with Gasteiger partial charge in [0.15, 0.2) is 0 Å². The van der Waals surface area contributed by atoms with Crippen LogP contribution in [-0.2, 0) is 4.79 Å². The molecule has 0 aromatic rings. The zero-order valence-electron chi connectivity index (χ0n) is 8.76. The van der Waals surface area contributed by atoms with Crippen molar-refractivity contribution >= 4 is 5.91 Å². The maximum Gasteiger partial charge on any atom is 0.225 e. The van der Waals surface area contributed by atoms with Gasteiger partial charge in [0.05, 0.1) is 0 Å². The Hall–Kier alpha value is -0.530. The summed E-state index contributed by atoms with van der Waals surface area (Å²) in [5.41, 5.74) is 0. The van der Waals surface area contributed by atoms with Crippen LogP contribution in [0.25, 0.3) is 0 Å². The van der Waals surface area contributed by atoms with E-state index in [-0.39, 0.29) is 5.92 Å². The van der Waals surface area contributed by atoms with E-state index in [1.165, 1.54) is 0 Å². The Balaban J connectivity index is 4.12. The van der Waals surface area contributed by atoms with Crippen LogP contribution in [0, 0.1) is 5.92 Å². The standard InChI is InChI=1S/C10H21NO/c1-5-9(6-2)10(12)11(7-3)8-4/h9H,5-8H2,1-4H3. The quantitative estimate of drug-likeness (QED) is 0.621. The molecule has 0 N–H and O–H groups in total. The number of nitrogens with zero attached hydrogens (tertiary/aromatic N) is 1. The van der Waals surface area contributed by atoms with Crippen molar-refractivity contribution in [2.24, 2.45) is 5.92 Å². The lowest BCUT2D eigenvalue weighted by Gasteiger charge is -2.23. The summed E-state index contributed by atoms with van der Waals surface area (Å²) in [6, 6.07) is 0. The summed E-state index contributed by atoms with van der Waals surface area (Å²) in [5, 5.41) is 0. The molecule has 0 aliphatic carbocycles. The van der Waals surface area contributed by atoms with Crippen molar-refractivity contribution in [2.75, 3.05) is 13.1 Å². The molecule has 0 saturated carbocycles. The van der Waals surface area contributed by atoms with E-state index in [9.17, 15) is 4.79 Å². The number of hydrogen-bond donors (Lipinski definition) is 0. The third-order valence-corrected chi connectivity index (χ3v) is 2.41. The number of carbonyl (C=O) groups excluding carboxylic acids is 1. The molecule has 0 aromatic heterocycles. The van der Waals surface area contributed by atoms with Gasteiger partial charge >= 0.3 is 0 Å². The number of amides is 1. The molecule has 0 radical (unpaired) electrons. The molecular formula is C10H21NO. The van der Waals surface area contributed by atoms with E-state index in [0.29, 0.717) is 5.91 Å². The Kier molecular flexibility index (Phi) is 5.77. The Labute approximate surface area is 75.9 Å². The van der Waals surface area contributed by atoms with Crippen molar-refractivity contribution < 1.29 is 4.79 Å². The molecule has 0 fully saturated rings. The fraction of sp³-hybridized carbons (Fsp3) is 0.900. The first-order chi connectivity index (χ1) is 5.71. The van der Waals surface area contributed by atoms with Gasteiger partial charge < -0.3 is 4.90 Å². The Morgan fingerprint density at radius 2 is 1.50 bits per heavy atom. The van der Waals surface area contributed by atoms with Gasteiger partial charge in [-0.3, -0.25) is 4.79 Å². The summed E-state index contributed by atoms with van der Waals surface area (Å²) >= 11 is 0. The fourth-order valence-electron chi connectivity index (χ4n) is 1.43. The minimum Gasteiger partial charge on any atom is -0.343 e. The van der Waals surface area contributed by atoms with Gasteiger partial charge in [-0.25, -0.2) is 0 Å². The molecular weight excluding hydrogens is 150 g/mol. The predicted molar refractivity (Wildman–Crippen MR) is 52.0 cm³/mol. The van der Waals surface area contributed by atoms with Crippen molar-refractivity contribution in [3.05, 3.63) is 0 Å². The lowest BCUT2D eigenvalue weighted by molar-refractivity contribution is -0.135. The van der Waals surface area contributed by atoms with Crippen molar-refractivity contribution in [1.82, 2.24) is 4.90 Å². The van der Waals surface area contributed by atoms with E-state index in [1.807, 2.05) is 18.7 Å². The highest BCUT2D eigenvalue weighted by Gasteiger charge is 2.18. The van der Waals surface area contributed by atoms with Crippen molar-refractivity contribution in [3.8, 4) is 0 Å². The number of carbonyl (C=O) groups is 1. The van der Waals surface area contributed by atoms with Gasteiger partial charge in [-0.15, -0.1) is 0 Å². The van der Waals surface area contributed by atoms with Gasteiger partial charge in [0.25, 0.3) is 0 Å². The van der Waals surface area contributed by atoms with Crippen LogP contribution in [0.4, 0.5) is 0 Å². The van der Waals surface area contributed by atoms with E-state index in [4.69, 9.17) is 0 Å². The Bertz CT molecular complexity index is 112. The van der Waals surface area contributed by atoms with Gasteiger partial charge in [0, 0.05) is 19.0 Å². The molecule has 1 amide bonds. The Morgan fingerprint density at radius 3 is 1.75 bits per heavy atom. The average molecular weight is 171 g/mol. The topological polar surface area (TPSA) is 20.3 Å². The Morgan fingerprint density at radius 1 is 1.08 bits per heavy atom. The lowest BCUT2D eigenvalue weighted by atomic mass is 10.0. The van der Waals surface area contributed by atoms with Crippen molar-refractivity contribution in [3.63, 3.8) is 0 Å². The summed E-state index contributed by atoms with van der Waals surface area (Å²) < 4.78 is 0. The van der Waals surface area contributed by atoms with Crippen LogP contribution in [0.5, 0.6) is 0 Å². The van der Waals surface area contributed by atoms with Crippen LogP contribution in [0.3, 0.4) is 0 Å². The van der Waals surface area contributed by atoms with Gasteiger partial charge in [0.1, 0.15) is 0 Å². The lowest BCUT2D eigenvalue weighted by Crippen LogP contribution is -2.35. The normalized spacial score (nSPS) is 10.4. The second kappa shape index (κ2) is 6.04. The third-order valence-electron chi connectivity index (χ3n) is 2.41. The monoisotopic (exact) mass is 171 g/mol. The molecule has 0 saturated heterocycles.